The van der Waals surface area contributed by atoms with Crippen molar-refractivity contribution in [2.24, 2.45) is 4.99 Å². The zero-order valence-corrected chi connectivity index (χ0v) is 20.3. The van der Waals surface area contributed by atoms with Gasteiger partial charge in [0.05, 0.1) is 34.4 Å². The molecule has 1 aromatic carbocycles. The number of furan rings is 1. The van der Waals surface area contributed by atoms with Gasteiger partial charge in [-0.15, -0.1) is 11.3 Å². The molecule has 1 aliphatic carbocycles. The number of hydrogen-bond acceptors (Lipinski definition) is 5. The van der Waals surface area contributed by atoms with E-state index in [9.17, 15) is 4.79 Å². The van der Waals surface area contributed by atoms with Gasteiger partial charge >= 0.3 is 0 Å². The molecule has 0 spiro atoms. The predicted molar refractivity (Wildman–Crippen MR) is 126 cm³/mol. The van der Waals surface area contributed by atoms with Crippen molar-refractivity contribution in [1.82, 2.24) is 5.32 Å². The molecule has 2 aromatic heterocycles. The monoisotopic (exact) mass is 550 g/mol. The van der Waals surface area contributed by atoms with Gasteiger partial charge in [0, 0.05) is 11.1 Å². The lowest BCUT2D eigenvalue weighted by molar-refractivity contribution is 0.0948. The molecule has 2 heterocycles. The summed E-state index contributed by atoms with van der Waals surface area (Å²) in [5.41, 5.74) is 2.75. The number of carbonyl (C=O) groups excluding carboxylic acids is 1. The Morgan fingerprint density at radius 1 is 1.30 bits per heavy atom. The fourth-order valence-corrected chi connectivity index (χ4v) is 6.30. The normalized spacial score (nSPS) is 13.4. The van der Waals surface area contributed by atoms with Crippen LogP contribution in [0.25, 0.3) is 0 Å². The first-order chi connectivity index (χ1) is 14.6. The molecule has 0 bridgehead atoms. The minimum atomic E-state index is -0.102. The highest BCUT2D eigenvalue weighted by Gasteiger charge is 2.25. The van der Waals surface area contributed by atoms with Crippen LogP contribution in [-0.2, 0) is 19.4 Å². The molecule has 8 heteroatoms. The Morgan fingerprint density at radius 3 is 2.77 bits per heavy atom. The van der Waals surface area contributed by atoms with Crippen molar-refractivity contribution in [2.45, 2.75) is 32.2 Å². The summed E-state index contributed by atoms with van der Waals surface area (Å²) in [7, 11) is 1.63. The van der Waals surface area contributed by atoms with Crippen molar-refractivity contribution in [2.75, 3.05) is 7.11 Å². The molecule has 0 atom stereocenters. The van der Waals surface area contributed by atoms with Gasteiger partial charge in [0.25, 0.3) is 5.91 Å². The number of rotatable bonds is 6. The second-order valence-electron chi connectivity index (χ2n) is 6.93. The van der Waals surface area contributed by atoms with Gasteiger partial charge in [0.15, 0.2) is 0 Å². The van der Waals surface area contributed by atoms with Crippen LogP contribution in [0.5, 0.6) is 5.75 Å². The van der Waals surface area contributed by atoms with E-state index in [1.807, 2.05) is 24.3 Å². The van der Waals surface area contributed by atoms with Crippen molar-refractivity contribution in [3.63, 3.8) is 0 Å². The van der Waals surface area contributed by atoms with E-state index < -0.39 is 0 Å². The van der Waals surface area contributed by atoms with Crippen LogP contribution < -0.4 is 10.1 Å². The molecule has 0 saturated carbocycles. The molecule has 30 heavy (non-hydrogen) atoms. The molecule has 0 aliphatic heterocycles. The Hall–Kier alpha value is -1.90. The van der Waals surface area contributed by atoms with Crippen LogP contribution in [0.1, 0.15) is 45.0 Å². The van der Waals surface area contributed by atoms with E-state index in [1.54, 1.807) is 30.9 Å². The summed E-state index contributed by atoms with van der Waals surface area (Å²) in [4.78, 5) is 19.0. The van der Waals surface area contributed by atoms with Gasteiger partial charge in [-0.2, -0.15) is 0 Å². The smallest absolute Gasteiger partial charge is 0.255 e. The Morgan fingerprint density at radius 2 is 2.07 bits per heavy atom. The van der Waals surface area contributed by atoms with E-state index >= 15 is 0 Å². The number of amides is 1. The number of methoxy groups -OCH3 is 1. The molecular weight excluding hydrogens is 532 g/mol. The highest BCUT2D eigenvalue weighted by Crippen LogP contribution is 2.40. The number of benzene rings is 1. The van der Waals surface area contributed by atoms with Crippen LogP contribution in [0.4, 0.5) is 5.00 Å². The molecule has 0 saturated heterocycles. The van der Waals surface area contributed by atoms with Gasteiger partial charge in [0.1, 0.15) is 16.5 Å². The SMILES string of the molecule is COc1c(Br)cc(C=Nc2sc3c(c2C(=O)NCc2ccco2)CCCC3)cc1Br. The van der Waals surface area contributed by atoms with E-state index in [4.69, 9.17) is 14.1 Å². The maximum atomic E-state index is 13.0. The Kier molecular flexibility index (Phi) is 6.75. The molecule has 1 aliphatic rings. The van der Waals surface area contributed by atoms with Crippen LogP contribution in [0, 0.1) is 0 Å². The summed E-state index contributed by atoms with van der Waals surface area (Å²) < 4.78 is 12.4. The van der Waals surface area contributed by atoms with Gasteiger partial charge in [-0.3, -0.25) is 4.79 Å². The maximum Gasteiger partial charge on any atom is 0.255 e. The predicted octanol–water partition coefficient (Wildman–Crippen LogP) is 6.43. The third-order valence-corrected chi connectivity index (χ3v) is 7.32. The largest absolute Gasteiger partial charge is 0.494 e. The van der Waals surface area contributed by atoms with E-state index in [1.165, 1.54) is 4.88 Å². The zero-order chi connectivity index (χ0) is 21.1. The molecule has 0 radical (unpaired) electrons. The number of aryl methyl sites for hydroxylation is 1. The van der Waals surface area contributed by atoms with Gasteiger partial charge in [0.2, 0.25) is 0 Å². The lowest BCUT2D eigenvalue weighted by Crippen LogP contribution is -2.23. The molecule has 5 nitrogen and oxygen atoms in total. The van der Waals surface area contributed by atoms with Crippen molar-refractivity contribution in [1.29, 1.82) is 0 Å². The number of thiophene rings is 1. The Labute approximate surface area is 195 Å². The first kappa shape index (κ1) is 21.3. The second kappa shape index (κ2) is 9.49. The van der Waals surface area contributed by atoms with Crippen molar-refractivity contribution in [3.05, 3.63) is 66.8 Å². The van der Waals surface area contributed by atoms with E-state index in [0.717, 1.165) is 62.3 Å². The first-order valence-electron chi connectivity index (χ1n) is 9.59. The van der Waals surface area contributed by atoms with Crippen molar-refractivity contribution < 1.29 is 13.9 Å². The minimum absolute atomic E-state index is 0.102. The number of nitrogens with zero attached hydrogens (tertiary/aromatic N) is 1. The Balaban J connectivity index is 1.63. The number of hydrogen-bond donors (Lipinski definition) is 1. The van der Waals surface area contributed by atoms with Gasteiger partial charge in [-0.1, -0.05) is 0 Å². The van der Waals surface area contributed by atoms with E-state index in [2.05, 4.69) is 37.2 Å². The summed E-state index contributed by atoms with van der Waals surface area (Å²) in [5.74, 6) is 1.36. The number of carbonyl (C=O) groups is 1. The first-order valence-corrected chi connectivity index (χ1v) is 12.0. The topological polar surface area (TPSA) is 63.8 Å². The van der Waals surface area contributed by atoms with Crippen LogP contribution in [-0.4, -0.2) is 19.2 Å². The second-order valence-corrected chi connectivity index (χ2v) is 9.72. The molecule has 156 valence electrons. The lowest BCUT2D eigenvalue weighted by atomic mass is 9.95. The van der Waals surface area contributed by atoms with Gasteiger partial charge in [-0.05, 0) is 92.9 Å². The fourth-order valence-electron chi connectivity index (χ4n) is 3.53. The average molecular weight is 552 g/mol. The van der Waals surface area contributed by atoms with Gasteiger partial charge in [-0.25, -0.2) is 4.99 Å². The molecule has 1 N–H and O–H groups in total. The number of fused-ring (bicyclic) bond motifs is 1. The van der Waals surface area contributed by atoms with Crippen LogP contribution in [0.15, 0.2) is 48.9 Å². The summed E-state index contributed by atoms with van der Waals surface area (Å²) in [6, 6.07) is 7.55. The van der Waals surface area contributed by atoms with E-state index in [-0.39, 0.29) is 5.91 Å². The van der Waals surface area contributed by atoms with Crippen molar-refractivity contribution >= 4 is 60.3 Å². The number of halogens is 2. The quantitative estimate of drug-likeness (QED) is 0.359. The number of aliphatic imine (C=N–C) groups is 1. The highest BCUT2D eigenvalue weighted by atomic mass is 79.9. The molecule has 3 aromatic rings. The van der Waals surface area contributed by atoms with E-state index in [0.29, 0.717) is 12.1 Å². The number of ether oxygens (including phenoxy) is 1. The summed E-state index contributed by atoms with van der Waals surface area (Å²) in [6.07, 6.45) is 7.58. The standard InChI is InChI=1S/C22H20Br2N2O3S/c1-28-20-16(23)9-13(10-17(20)24)11-26-22-19(15-6-2-3-7-18(15)30-22)21(27)25-12-14-5-4-8-29-14/h4-5,8-11H,2-3,6-7,12H2,1H3,(H,25,27). The molecule has 1 amide bonds. The molecule has 0 unspecified atom stereocenters. The van der Waals surface area contributed by atoms with Crippen LogP contribution in [0.2, 0.25) is 0 Å². The highest BCUT2D eigenvalue weighted by molar-refractivity contribution is 9.11. The molecule has 4 rings (SSSR count). The number of nitrogens with one attached hydrogen (secondary N) is 1. The third-order valence-electron chi connectivity index (χ3n) is 4.94. The van der Waals surface area contributed by atoms with Crippen molar-refractivity contribution in [3.8, 4) is 5.75 Å². The lowest BCUT2D eigenvalue weighted by Gasteiger charge is -2.12. The zero-order valence-electron chi connectivity index (χ0n) is 16.3. The van der Waals surface area contributed by atoms with Crippen LogP contribution >= 0.6 is 43.2 Å². The third kappa shape index (κ3) is 4.55. The average Bonchev–Trinajstić information content (AvgIpc) is 3.37. The summed E-state index contributed by atoms with van der Waals surface area (Å²) in [6.45, 7) is 0.359. The maximum absolute atomic E-state index is 13.0. The fraction of sp³-hybridized carbons (Fsp3) is 0.273. The Bertz CT molecular complexity index is 1070. The van der Waals surface area contributed by atoms with Gasteiger partial charge < -0.3 is 14.5 Å². The molecular formula is C22H20Br2N2O3S. The van der Waals surface area contributed by atoms with Crippen LogP contribution in [0.3, 0.4) is 0 Å². The summed E-state index contributed by atoms with van der Waals surface area (Å²) in [5, 5.41) is 3.73. The minimum Gasteiger partial charge on any atom is -0.494 e. The molecule has 0 fully saturated rings. The summed E-state index contributed by atoms with van der Waals surface area (Å²) >= 11 is 8.66.